The topological polar surface area (TPSA) is 47.3 Å². The van der Waals surface area contributed by atoms with E-state index in [-0.39, 0.29) is 19.0 Å². The zero-order valence-electron chi connectivity index (χ0n) is 16.3. The van der Waals surface area contributed by atoms with E-state index >= 15 is 0 Å². The van der Waals surface area contributed by atoms with Crippen LogP contribution in [0.15, 0.2) is 48.5 Å². The van der Waals surface area contributed by atoms with E-state index in [2.05, 4.69) is 43.5 Å². The van der Waals surface area contributed by atoms with Gasteiger partial charge in [-0.15, -0.1) is 12.4 Å². The monoisotopic (exact) mass is 388 g/mol. The number of aromatic nitrogens is 2. The van der Waals surface area contributed by atoms with Gasteiger partial charge in [0.15, 0.2) is 0 Å². The van der Waals surface area contributed by atoms with Crippen LogP contribution in [-0.2, 0) is 13.0 Å². The highest BCUT2D eigenvalue weighted by Gasteiger charge is 2.18. The lowest BCUT2D eigenvalue weighted by atomic mass is 10.1. The third-order valence-electron chi connectivity index (χ3n) is 4.90. The fourth-order valence-corrected chi connectivity index (χ4v) is 3.12. The Labute approximate surface area is 167 Å². The molecule has 0 spiro atoms. The van der Waals surface area contributed by atoms with Crippen LogP contribution in [0.5, 0.6) is 5.75 Å². The highest BCUT2D eigenvalue weighted by molar-refractivity contribution is 5.85. The minimum absolute atomic E-state index is 0. The number of rotatable bonds is 8. The van der Waals surface area contributed by atoms with Gasteiger partial charge in [0.2, 0.25) is 0 Å². The van der Waals surface area contributed by atoms with Crippen LogP contribution in [0, 0.1) is 0 Å². The van der Waals surface area contributed by atoms with Crippen LogP contribution in [0.1, 0.15) is 44.5 Å². The Balaban J connectivity index is 0.00000261. The number of imidazole rings is 1. The van der Waals surface area contributed by atoms with Crippen LogP contribution in [0.4, 0.5) is 0 Å². The molecule has 0 radical (unpaired) electrons. The molecule has 0 bridgehead atoms. The van der Waals surface area contributed by atoms with Crippen molar-refractivity contribution in [2.45, 2.75) is 52.2 Å². The number of aliphatic hydroxyl groups excluding tert-OH is 1. The Morgan fingerprint density at radius 3 is 2.44 bits per heavy atom. The molecule has 0 aliphatic carbocycles. The summed E-state index contributed by atoms with van der Waals surface area (Å²) in [5.74, 6) is 2.16. The molecule has 0 amide bonds. The van der Waals surface area contributed by atoms with Gasteiger partial charge in [0.05, 0.1) is 17.6 Å². The van der Waals surface area contributed by atoms with Gasteiger partial charge >= 0.3 is 0 Å². The molecule has 2 aromatic carbocycles. The van der Waals surface area contributed by atoms with Crippen molar-refractivity contribution in [3.8, 4) is 5.75 Å². The van der Waals surface area contributed by atoms with E-state index < -0.39 is 6.10 Å². The maximum absolute atomic E-state index is 10.5. The highest BCUT2D eigenvalue weighted by atomic mass is 35.5. The summed E-state index contributed by atoms with van der Waals surface area (Å²) in [6.45, 7) is 7.21. The predicted octanol–water partition coefficient (Wildman–Crippen LogP) is 4.97. The molecule has 27 heavy (non-hydrogen) atoms. The van der Waals surface area contributed by atoms with Crippen LogP contribution >= 0.6 is 12.4 Å². The zero-order valence-corrected chi connectivity index (χ0v) is 17.1. The second-order valence-corrected chi connectivity index (χ2v) is 6.84. The Kier molecular flexibility index (Phi) is 7.69. The average molecular weight is 389 g/mol. The first-order valence-electron chi connectivity index (χ1n) is 9.47. The van der Waals surface area contributed by atoms with E-state index in [0.717, 1.165) is 35.4 Å². The smallest absolute Gasteiger partial charge is 0.119 e. The third kappa shape index (κ3) is 5.02. The molecule has 0 aliphatic heterocycles. The highest BCUT2D eigenvalue weighted by Crippen LogP contribution is 2.24. The Hall–Kier alpha value is -2.04. The van der Waals surface area contributed by atoms with E-state index in [0.29, 0.717) is 12.5 Å². The summed E-state index contributed by atoms with van der Waals surface area (Å²) in [7, 11) is 0. The summed E-state index contributed by atoms with van der Waals surface area (Å²) in [4.78, 5) is 4.78. The molecule has 5 heteroatoms. The van der Waals surface area contributed by atoms with Gasteiger partial charge in [0, 0.05) is 5.92 Å². The number of para-hydroxylation sites is 2. The van der Waals surface area contributed by atoms with E-state index in [1.807, 2.05) is 30.3 Å². The van der Waals surface area contributed by atoms with Crippen LogP contribution in [0.2, 0.25) is 0 Å². The Morgan fingerprint density at radius 2 is 1.78 bits per heavy atom. The van der Waals surface area contributed by atoms with Crippen molar-refractivity contribution in [1.29, 1.82) is 0 Å². The van der Waals surface area contributed by atoms with E-state index in [1.165, 1.54) is 5.56 Å². The minimum atomic E-state index is -0.596. The fraction of sp³-hybridized carbons (Fsp3) is 0.409. The number of ether oxygens (including phenoxy) is 1. The minimum Gasteiger partial charge on any atom is -0.491 e. The normalized spacial score (nSPS) is 13.2. The summed E-state index contributed by atoms with van der Waals surface area (Å²) < 4.78 is 7.91. The van der Waals surface area contributed by atoms with Crippen molar-refractivity contribution in [3.05, 3.63) is 59.9 Å². The van der Waals surface area contributed by atoms with Crippen molar-refractivity contribution in [2.24, 2.45) is 0 Å². The van der Waals surface area contributed by atoms with E-state index in [4.69, 9.17) is 9.72 Å². The zero-order chi connectivity index (χ0) is 18.5. The van der Waals surface area contributed by atoms with Crippen molar-refractivity contribution in [2.75, 3.05) is 6.61 Å². The third-order valence-corrected chi connectivity index (χ3v) is 4.90. The Morgan fingerprint density at radius 1 is 1.07 bits per heavy atom. The van der Waals surface area contributed by atoms with Crippen molar-refractivity contribution in [1.82, 2.24) is 9.55 Å². The lowest BCUT2D eigenvalue weighted by Crippen LogP contribution is -2.25. The molecular formula is C22H29ClN2O2. The first-order valence-corrected chi connectivity index (χ1v) is 9.47. The van der Waals surface area contributed by atoms with Crippen LogP contribution in [-0.4, -0.2) is 27.4 Å². The Bertz CT molecular complexity index is 845. The van der Waals surface area contributed by atoms with Gasteiger partial charge in [-0.1, -0.05) is 45.0 Å². The van der Waals surface area contributed by atoms with Gasteiger partial charge in [-0.25, -0.2) is 4.98 Å². The molecule has 2 atom stereocenters. The number of aryl methyl sites for hydroxylation is 1. The molecule has 0 saturated heterocycles. The molecule has 0 saturated carbocycles. The quantitative estimate of drug-likeness (QED) is 0.592. The van der Waals surface area contributed by atoms with Gasteiger partial charge in [0.1, 0.15) is 24.3 Å². The van der Waals surface area contributed by atoms with Gasteiger partial charge in [0.25, 0.3) is 0 Å². The van der Waals surface area contributed by atoms with Crippen molar-refractivity contribution < 1.29 is 9.84 Å². The van der Waals surface area contributed by atoms with E-state index in [9.17, 15) is 5.11 Å². The molecule has 2 unspecified atom stereocenters. The first kappa shape index (κ1) is 21.3. The van der Waals surface area contributed by atoms with Crippen molar-refractivity contribution in [3.63, 3.8) is 0 Å². The molecule has 0 fully saturated rings. The molecular weight excluding hydrogens is 360 g/mol. The maximum Gasteiger partial charge on any atom is 0.119 e. The summed E-state index contributed by atoms with van der Waals surface area (Å²) in [6, 6.07) is 16.1. The fourth-order valence-electron chi connectivity index (χ4n) is 3.12. The predicted molar refractivity (Wildman–Crippen MR) is 113 cm³/mol. The number of hydrogen-bond donors (Lipinski definition) is 1. The summed E-state index contributed by atoms with van der Waals surface area (Å²) >= 11 is 0. The molecule has 1 aromatic heterocycles. The molecule has 1 heterocycles. The van der Waals surface area contributed by atoms with Crippen LogP contribution in [0.3, 0.4) is 0 Å². The van der Waals surface area contributed by atoms with Crippen LogP contribution in [0.25, 0.3) is 11.0 Å². The average Bonchev–Trinajstić information content (AvgIpc) is 3.04. The second kappa shape index (κ2) is 9.77. The maximum atomic E-state index is 10.5. The number of aliphatic hydroxyl groups is 1. The lowest BCUT2D eigenvalue weighted by molar-refractivity contribution is 0.0924. The number of hydrogen-bond acceptors (Lipinski definition) is 3. The van der Waals surface area contributed by atoms with Gasteiger partial charge in [-0.2, -0.15) is 0 Å². The molecule has 146 valence electrons. The number of halogens is 1. The number of benzene rings is 2. The molecule has 0 aliphatic rings. The molecule has 3 rings (SSSR count). The molecule has 4 nitrogen and oxygen atoms in total. The summed E-state index contributed by atoms with van der Waals surface area (Å²) in [6.07, 6.45) is 1.43. The second-order valence-electron chi connectivity index (χ2n) is 6.84. The van der Waals surface area contributed by atoms with E-state index in [1.54, 1.807) is 0 Å². The van der Waals surface area contributed by atoms with Gasteiger partial charge < -0.3 is 14.4 Å². The SMILES string of the molecule is CCc1ccc(OCC(O)Cn2c(C(C)CC)nc3ccccc32)cc1.Cl. The lowest BCUT2D eigenvalue weighted by Gasteiger charge is -2.17. The van der Waals surface area contributed by atoms with Gasteiger partial charge in [-0.3, -0.25) is 0 Å². The summed E-state index contributed by atoms with van der Waals surface area (Å²) in [5, 5.41) is 10.5. The summed E-state index contributed by atoms with van der Waals surface area (Å²) in [5.41, 5.74) is 3.32. The van der Waals surface area contributed by atoms with Crippen molar-refractivity contribution >= 4 is 23.4 Å². The van der Waals surface area contributed by atoms with Gasteiger partial charge in [-0.05, 0) is 42.7 Å². The number of fused-ring (bicyclic) bond motifs is 1. The molecule has 1 N–H and O–H groups in total. The first-order chi connectivity index (χ1) is 12.6. The van der Waals surface area contributed by atoms with Crippen LogP contribution < -0.4 is 4.74 Å². The largest absolute Gasteiger partial charge is 0.491 e. The number of nitrogens with zero attached hydrogens (tertiary/aromatic N) is 2. The molecule has 3 aromatic rings. The standard InChI is InChI=1S/C22H28N2O2.ClH/c1-4-16(3)22-23-20-8-6-7-9-21(20)24(22)14-18(25)15-26-19-12-10-17(5-2)11-13-19;/h6-13,16,18,25H,4-5,14-15H2,1-3H3;1H.